The van der Waals surface area contributed by atoms with Crippen molar-refractivity contribution in [3.05, 3.63) is 63.9 Å². The average molecular weight is 345 g/mol. The van der Waals surface area contributed by atoms with E-state index in [0.717, 1.165) is 15.7 Å². The Hall–Kier alpha value is -2.12. The van der Waals surface area contributed by atoms with Gasteiger partial charge in [0, 0.05) is 18.6 Å². The Morgan fingerprint density at radius 1 is 1.19 bits per heavy atom. The maximum Gasteiger partial charge on any atom is 0.123 e. The van der Waals surface area contributed by atoms with Gasteiger partial charge in [-0.05, 0) is 57.4 Å². The van der Waals surface area contributed by atoms with E-state index in [9.17, 15) is 9.65 Å². The molecule has 2 aromatic carbocycles. The topological polar surface area (TPSA) is 27.0 Å². The molecule has 0 aliphatic carbocycles. The Bertz CT molecular complexity index is 713. The maximum absolute atomic E-state index is 12.9. The molecule has 2 rings (SSSR count). The van der Waals surface area contributed by atoms with E-state index < -0.39 is 0 Å². The van der Waals surface area contributed by atoms with E-state index in [2.05, 4.69) is 22.0 Å². The molecule has 0 aliphatic rings. The predicted octanol–water partition coefficient (Wildman–Crippen LogP) is 4.72. The van der Waals surface area contributed by atoms with Crippen molar-refractivity contribution in [3.8, 4) is 6.07 Å². The predicted molar refractivity (Wildman–Crippen MR) is 88.4 cm³/mol. The van der Waals surface area contributed by atoms with Crippen LogP contribution in [0.25, 0.3) is 11.6 Å². The van der Waals surface area contributed by atoms with Crippen LogP contribution < -0.4 is 4.90 Å². The van der Waals surface area contributed by atoms with E-state index in [1.807, 2.05) is 37.2 Å². The quantitative estimate of drug-likeness (QED) is 0.595. The number of anilines is 1. The second kappa shape index (κ2) is 6.55. The van der Waals surface area contributed by atoms with Gasteiger partial charge in [-0.3, -0.25) is 0 Å². The molecule has 2 aromatic rings. The minimum atomic E-state index is -0.311. The molecule has 4 heteroatoms. The summed E-state index contributed by atoms with van der Waals surface area (Å²) in [6, 6.07) is 14.0. The summed E-state index contributed by atoms with van der Waals surface area (Å²) in [6.07, 6.45) is 1.79. The molecule has 0 unspecified atom stereocenters. The third-order valence-electron chi connectivity index (χ3n) is 3.04. The normalized spacial score (nSPS) is 11.1. The number of hydrogen-bond donors (Lipinski definition) is 0. The molecule has 0 spiro atoms. The molecule has 21 heavy (non-hydrogen) atoms. The molecular weight excluding hydrogens is 331 g/mol. The van der Waals surface area contributed by atoms with Crippen LogP contribution >= 0.6 is 15.9 Å². The smallest absolute Gasteiger partial charge is 0.123 e. The van der Waals surface area contributed by atoms with E-state index >= 15 is 0 Å². The van der Waals surface area contributed by atoms with Gasteiger partial charge in [0.05, 0.1) is 17.3 Å². The van der Waals surface area contributed by atoms with E-state index in [1.54, 1.807) is 18.2 Å². The first-order chi connectivity index (χ1) is 10.0. The van der Waals surface area contributed by atoms with Crippen molar-refractivity contribution < 1.29 is 4.39 Å². The number of rotatable bonds is 3. The summed E-state index contributed by atoms with van der Waals surface area (Å²) in [5.74, 6) is -0.311. The largest absolute Gasteiger partial charge is 0.377 e. The van der Waals surface area contributed by atoms with Gasteiger partial charge in [-0.1, -0.05) is 18.2 Å². The first kappa shape index (κ1) is 15.3. The monoisotopic (exact) mass is 344 g/mol. The van der Waals surface area contributed by atoms with Crippen LogP contribution in [0.2, 0.25) is 0 Å². The molecular formula is C17H14BrFN2. The summed E-state index contributed by atoms with van der Waals surface area (Å²) in [5.41, 5.74) is 3.17. The minimum Gasteiger partial charge on any atom is -0.377 e. The zero-order chi connectivity index (χ0) is 15.4. The maximum atomic E-state index is 12.9. The molecule has 0 bridgehead atoms. The van der Waals surface area contributed by atoms with Gasteiger partial charge in [-0.15, -0.1) is 0 Å². The van der Waals surface area contributed by atoms with Gasteiger partial charge in [-0.2, -0.15) is 5.26 Å². The fraction of sp³-hybridized carbons (Fsp3) is 0.118. The molecule has 2 nitrogen and oxygen atoms in total. The molecule has 0 N–H and O–H groups in total. The zero-order valence-corrected chi connectivity index (χ0v) is 13.4. The lowest BCUT2D eigenvalue weighted by molar-refractivity contribution is 0.627. The number of halogens is 2. The Morgan fingerprint density at radius 3 is 2.38 bits per heavy atom. The fourth-order valence-corrected chi connectivity index (χ4v) is 2.70. The lowest BCUT2D eigenvalue weighted by Gasteiger charge is -2.14. The van der Waals surface area contributed by atoms with E-state index in [0.29, 0.717) is 11.1 Å². The van der Waals surface area contributed by atoms with Crippen LogP contribution in [0.15, 0.2) is 46.9 Å². The number of hydrogen-bond acceptors (Lipinski definition) is 2. The minimum absolute atomic E-state index is 0.311. The van der Waals surface area contributed by atoms with Crippen LogP contribution in [-0.2, 0) is 0 Å². The molecule has 0 radical (unpaired) electrons. The highest BCUT2D eigenvalue weighted by Gasteiger charge is 2.05. The Morgan fingerprint density at radius 2 is 1.86 bits per heavy atom. The number of allylic oxidation sites excluding steroid dienone is 1. The SMILES string of the molecule is CN(C)c1ccc(/C=C(\C#N)c2ccc(F)cc2)cc1Br. The third-order valence-corrected chi connectivity index (χ3v) is 3.68. The van der Waals surface area contributed by atoms with Gasteiger partial charge in [0.25, 0.3) is 0 Å². The summed E-state index contributed by atoms with van der Waals surface area (Å²) in [7, 11) is 3.93. The van der Waals surface area contributed by atoms with Crippen molar-refractivity contribution in [2.75, 3.05) is 19.0 Å². The number of benzene rings is 2. The molecule has 0 amide bonds. The van der Waals surface area contributed by atoms with Crippen molar-refractivity contribution in [1.82, 2.24) is 0 Å². The number of nitriles is 1. The third kappa shape index (κ3) is 3.71. The lowest BCUT2D eigenvalue weighted by atomic mass is 10.0. The van der Waals surface area contributed by atoms with Gasteiger partial charge in [0.1, 0.15) is 5.82 Å². The van der Waals surface area contributed by atoms with Gasteiger partial charge in [0.15, 0.2) is 0 Å². The molecule has 0 atom stereocenters. The average Bonchev–Trinajstić information content (AvgIpc) is 2.45. The molecule has 0 saturated carbocycles. The van der Waals surface area contributed by atoms with Gasteiger partial charge in [-0.25, -0.2) is 4.39 Å². The molecule has 0 saturated heterocycles. The van der Waals surface area contributed by atoms with Crippen molar-refractivity contribution in [1.29, 1.82) is 5.26 Å². The van der Waals surface area contributed by atoms with Crippen LogP contribution in [0.1, 0.15) is 11.1 Å². The summed E-state index contributed by atoms with van der Waals surface area (Å²) in [6.45, 7) is 0. The van der Waals surface area contributed by atoms with Gasteiger partial charge >= 0.3 is 0 Å². The summed E-state index contributed by atoms with van der Waals surface area (Å²) < 4.78 is 13.9. The van der Waals surface area contributed by atoms with E-state index in [1.165, 1.54) is 12.1 Å². The Kier molecular flexibility index (Phi) is 4.77. The summed E-state index contributed by atoms with van der Waals surface area (Å²) in [5, 5.41) is 9.29. The van der Waals surface area contributed by atoms with E-state index in [4.69, 9.17) is 0 Å². The van der Waals surface area contributed by atoms with Gasteiger partial charge in [0.2, 0.25) is 0 Å². The first-order valence-electron chi connectivity index (χ1n) is 6.36. The summed E-state index contributed by atoms with van der Waals surface area (Å²) >= 11 is 3.52. The molecule has 0 fully saturated rings. The number of nitrogens with zero attached hydrogens (tertiary/aromatic N) is 2. The molecule has 0 aliphatic heterocycles. The highest BCUT2D eigenvalue weighted by atomic mass is 79.9. The zero-order valence-electron chi connectivity index (χ0n) is 11.8. The highest BCUT2D eigenvalue weighted by molar-refractivity contribution is 9.10. The second-order valence-electron chi connectivity index (χ2n) is 4.78. The van der Waals surface area contributed by atoms with Crippen molar-refractivity contribution in [2.24, 2.45) is 0 Å². The lowest BCUT2D eigenvalue weighted by Crippen LogP contribution is -2.09. The van der Waals surface area contributed by atoms with Crippen molar-refractivity contribution >= 4 is 33.3 Å². The first-order valence-corrected chi connectivity index (χ1v) is 7.15. The van der Waals surface area contributed by atoms with Crippen molar-refractivity contribution in [3.63, 3.8) is 0 Å². The van der Waals surface area contributed by atoms with Crippen LogP contribution in [0.3, 0.4) is 0 Å². The van der Waals surface area contributed by atoms with Crippen LogP contribution in [0.4, 0.5) is 10.1 Å². The van der Waals surface area contributed by atoms with Crippen molar-refractivity contribution in [2.45, 2.75) is 0 Å². The fourth-order valence-electron chi connectivity index (χ4n) is 1.95. The second-order valence-corrected chi connectivity index (χ2v) is 5.64. The molecule has 106 valence electrons. The highest BCUT2D eigenvalue weighted by Crippen LogP contribution is 2.27. The summed E-state index contributed by atoms with van der Waals surface area (Å²) in [4.78, 5) is 2.00. The Balaban J connectivity index is 2.39. The van der Waals surface area contributed by atoms with Gasteiger partial charge < -0.3 is 4.90 Å². The van der Waals surface area contributed by atoms with Crippen LogP contribution in [-0.4, -0.2) is 14.1 Å². The standard InChI is InChI=1S/C17H14BrFN2/c1-21(2)17-8-3-12(10-16(17)18)9-14(11-20)13-4-6-15(19)7-5-13/h3-10H,1-2H3/b14-9+. The van der Waals surface area contributed by atoms with E-state index in [-0.39, 0.29) is 5.82 Å². The molecule has 0 aromatic heterocycles. The van der Waals surface area contributed by atoms with Crippen LogP contribution in [0, 0.1) is 17.1 Å². The van der Waals surface area contributed by atoms with Crippen LogP contribution in [0.5, 0.6) is 0 Å². The Labute approximate surface area is 132 Å². The molecule has 0 heterocycles.